The lowest BCUT2D eigenvalue weighted by molar-refractivity contribution is 1.39. The molecule has 0 saturated heterocycles. The SMILES string of the molecule is [C-]#[N+]CCBr. The predicted octanol–water partition coefficient (Wildman–Crippen LogP) is 1.30. The minimum Gasteiger partial charge on any atom is -0.316 e. The van der Waals surface area contributed by atoms with Gasteiger partial charge in [0.25, 0.3) is 0 Å². The first-order valence-corrected chi connectivity index (χ1v) is 2.43. The molecule has 2 heteroatoms. The molecule has 0 heterocycles. The molecule has 5 heavy (non-hydrogen) atoms. The summed E-state index contributed by atoms with van der Waals surface area (Å²) in [6.07, 6.45) is 0. The van der Waals surface area contributed by atoms with E-state index in [1.807, 2.05) is 0 Å². The van der Waals surface area contributed by atoms with Crippen LogP contribution in [0.1, 0.15) is 0 Å². The molecule has 0 aliphatic heterocycles. The van der Waals surface area contributed by atoms with Crippen molar-refractivity contribution >= 4 is 15.9 Å². The lowest BCUT2D eigenvalue weighted by Gasteiger charge is -1.64. The lowest BCUT2D eigenvalue weighted by atomic mass is 10.8. The maximum Gasteiger partial charge on any atom is 0.224 e. The highest BCUT2D eigenvalue weighted by atomic mass is 79.9. The van der Waals surface area contributed by atoms with Crippen molar-refractivity contribution in [1.82, 2.24) is 0 Å². The van der Waals surface area contributed by atoms with E-state index >= 15 is 0 Å². The van der Waals surface area contributed by atoms with Gasteiger partial charge in [0.15, 0.2) is 0 Å². The molecule has 28 valence electrons. The summed E-state index contributed by atoms with van der Waals surface area (Å²) in [5, 5.41) is 0.802. The van der Waals surface area contributed by atoms with Gasteiger partial charge >= 0.3 is 0 Å². The summed E-state index contributed by atoms with van der Waals surface area (Å²) in [4.78, 5) is 3.06. The second-order valence-corrected chi connectivity index (χ2v) is 1.36. The summed E-state index contributed by atoms with van der Waals surface area (Å²) in [5.74, 6) is 0. The van der Waals surface area contributed by atoms with Crippen molar-refractivity contribution in [2.45, 2.75) is 0 Å². The number of hydrogen-bond acceptors (Lipinski definition) is 0. The Labute approximate surface area is 39.9 Å². The first-order chi connectivity index (χ1) is 2.41. The fraction of sp³-hybridized carbons (Fsp3) is 0.667. The molecule has 0 aliphatic rings. The first-order valence-electron chi connectivity index (χ1n) is 1.31. The summed E-state index contributed by atoms with van der Waals surface area (Å²) in [5.41, 5.74) is 0. The third kappa shape index (κ3) is 3.97. The Hall–Kier alpha value is -0.0300. The van der Waals surface area contributed by atoms with Crippen LogP contribution in [0.25, 0.3) is 4.85 Å². The topological polar surface area (TPSA) is 4.36 Å². The molecule has 0 rings (SSSR count). The van der Waals surface area contributed by atoms with Crippen molar-refractivity contribution in [3.8, 4) is 0 Å². The van der Waals surface area contributed by atoms with Crippen molar-refractivity contribution in [1.29, 1.82) is 0 Å². The Bertz CT molecular complexity index is 45.3. The Morgan fingerprint density at radius 3 is 2.40 bits per heavy atom. The molecule has 0 aromatic heterocycles. The highest BCUT2D eigenvalue weighted by Gasteiger charge is 1.70. The average Bonchev–Trinajstić information content (AvgIpc) is 1.41. The molecule has 0 spiro atoms. The lowest BCUT2D eigenvalue weighted by Crippen LogP contribution is -1.68. The Balaban J connectivity index is 2.48. The third-order valence-electron chi connectivity index (χ3n) is 0.196. The second-order valence-electron chi connectivity index (χ2n) is 0.571. The average molecular weight is 134 g/mol. The molecule has 0 radical (unpaired) electrons. The van der Waals surface area contributed by atoms with E-state index in [4.69, 9.17) is 6.57 Å². The van der Waals surface area contributed by atoms with Crippen LogP contribution in [0.4, 0.5) is 0 Å². The number of halogens is 1. The molecule has 0 unspecified atom stereocenters. The van der Waals surface area contributed by atoms with Crippen LogP contribution in [0, 0.1) is 6.57 Å². The summed E-state index contributed by atoms with van der Waals surface area (Å²) in [6.45, 7) is 6.79. The highest BCUT2D eigenvalue weighted by molar-refractivity contribution is 9.09. The fourth-order valence-corrected chi connectivity index (χ4v) is 0.220. The van der Waals surface area contributed by atoms with Gasteiger partial charge in [0.1, 0.15) is 0 Å². The van der Waals surface area contributed by atoms with Gasteiger partial charge in [-0.2, -0.15) is 0 Å². The number of rotatable bonds is 1. The van der Waals surface area contributed by atoms with Crippen molar-refractivity contribution in [3.63, 3.8) is 0 Å². The Morgan fingerprint density at radius 1 is 1.80 bits per heavy atom. The quantitative estimate of drug-likeness (QED) is 0.376. The molecule has 0 N–H and O–H groups in total. The maximum atomic E-state index is 6.20. The molecule has 1 nitrogen and oxygen atoms in total. The molecule has 0 fully saturated rings. The van der Waals surface area contributed by atoms with Crippen LogP contribution in [0.5, 0.6) is 0 Å². The van der Waals surface area contributed by atoms with E-state index in [0.29, 0.717) is 6.54 Å². The van der Waals surface area contributed by atoms with Crippen molar-refractivity contribution in [2.75, 3.05) is 11.9 Å². The Morgan fingerprint density at radius 2 is 2.40 bits per heavy atom. The van der Waals surface area contributed by atoms with Gasteiger partial charge in [-0.15, -0.1) is 0 Å². The number of nitrogens with zero attached hydrogens (tertiary/aromatic N) is 1. The van der Waals surface area contributed by atoms with E-state index in [1.54, 1.807) is 0 Å². The van der Waals surface area contributed by atoms with E-state index < -0.39 is 0 Å². The van der Waals surface area contributed by atoms with E-state index in [1.165, 1.54) is 0 Å². The molecule has 0 aliphatic carbocycles. The summed E-state index contributed by atoms with van der Waals surface area (Å²) in [6, 6.07) is 0. The van der Waals surface area contributed by atoms with Crippen LogP contribution in [0.3, 0.4) is 0 Å². The summed E-state index contributed by atoms with van der Waals surface area (Å²) >= 11 is 3.10. The summed E-state index contributed by atoms with van der Waals surface area (Å²) < 4.78 is 0. The molecular weight excluding hydrogens is 130 g/mol. The molecule has 0 amide bonds. The minimum absolute atomic E-state index is 0.597. The van der Waals surface area contributed by atoms with Gasteiger partial charge in [0.05, 0.1) is 5.33 Å². The smallest absolute Gasteiger partial charge is 0.224 e. The van der Waals surface area contributed by atoms with Crippen molar-refractivity contribution in [3.05, 3.63) is 11.4 Å². The van der Waals surface area contributed by atoms with Crippen molar-refractivity contribution in [2.24, 2.45) is 0 Å². The number of hydrogen-bond donors (Lipinski definition) is 0. The van der Waals surface area contributed by atoms with E-state index in [0.717, 1.165) is 5.33 Å². The van der Waals surface area contributed by atoms with Gasteiger partial charge in [-0.05, 0) is 0 Å². The zero-order valence-corrected chi connectivity index (χ0v) is 4.33. The zero-order valence-electron chi connectivity index (χ0n) is 2.74. The molecule has 0 atom stereocenters. The Kier molecular flexibility index (Phi) is 3.95. The molecule has 0 saturated carbocycles. The normalized spacial score (nSPS) is 6.40. The van der Waals surface area contributed by atoms with Gasteiger partial charge in [-0.3, -0.25) is 0 Å². The van der Waals surface area contributed by atoms with E-state index in [9.17, 15) is 0 Å². The summed E-state index contributed by atoms with van der Waals surface area (Å²) in [7, 11) is 0. The van der Waals surface area contributed by atoms with E-state index in [-0.39, 0.29) is 0 Å². The van der Waals surface area contributed by atoms with Gasteiger partial charge in [-0.25, -0.2) is 6.57 Å². The van der Waals surface area contributed by atoms with Gasteiger partial charge in [0.2, 0.25) is 6.54 Å². The molecular formula is C3H4BrN. The monoisotopic (exact) mass is 133 g/mol. The maximum absolute atomic E-state index is 6.20. The van der Waals surface area contributed by atoms with E-state index in [2.05, 4.69) is 20.8 Å². The second kappa shape index (κ2) is 3.97. The number of alkyl halides is 1. The van der Waals surface area contributed by atoms with Crippen LogP contribution in [0.2, 0.25) is 0 Å². The van der Waals surface area contributed by atoms with Gasteiger partial charge < -0.3 is 4.85 Å². The standard InChI is InChI=1S/C3H4BrN/c1-5-3-2-4/h2-3H2. The zero-order chi connectivity index (χ0) is 4.12. The minimum atomic E-state index is 0.597. The molecule has 0 aromatic rings. The van der Waals surface area contributed by atoms with Gasteiger partial charge in [0, 0.05) is 0 Å². The van der Waals surface area contributed by atoms with Crippen LogP contribution < -0.4 is 0 Å². The molecule has 0 aromatic carbocycles. The van der Waals surface area contributed by atoms with Gasteiger partial charge in [-0.1, -0.05) is 15.9 Å². The predicted molar refractivity (Wildman–Crippen MR) is 25.3 cm³/mol. The highest BCUT2D eigenvalue weighted by Crippen LogP contribution is 1.76. The van der Waals surface area contributed by atoms with Crippen LogP contribution in [-0.4, -0.2) is 11.9 Å². The third-order valence-corrected chi connectivity index (χ3v) is 0.551. The molecule has 0 bridgehead atoms. The fourth-order valence-electron chi connectivity index (χ4n) is 0.0423. The van der Waals surface area contributed by atoms with Crippen LogP contribution >= 0.6 is 15.9 Å². The van der Waals surface area contributed by atoms with Crippen molar-refractivity contribution < 1.29 is 0 Å². The van der Waals surface area contributed by atoms with Crippen LogP contribution in [0.15, 0.2) is 0 Å². The largest absolute Gasteiger partial charge is 0.316 e. The van der Waals surface area contributed by atoms with Crippen LogP contribution in [-0.2, 0) is 0 Å². The first kappa shape index (κ1) is 4.97.